The number of benzene rings is 3. The number of carbonyl (C=O) groups excluding carboxylic acids is 4. The lowest BCUT2D eigenvalue weighted by Gasteiger charge is -2.28. The van der Waals surface area contributed by atoms with Gasteiger partial charge in [0.05, 0.1) is 57.3 Å². The Morgan fingerprint density at radius 2 is 1.40 bits per heavy atom. The highest BCUT2D eigenvalue weighted by molar-refractivity contribution is 6.78. The van der Waals surface area contributed by atoms with Gasteiger partial charge in [-0.05, 0) is 77.8 Å². The maximum Gasteiger partial charge on any atom is 0.407 e. The minimum atomic E-state index is -1.76. The van der Waals surface area contributed by atoms with Crippen molar-refractivity contribution in [2.75, 3.05) is 26.9 Å². The van der Waals surface area contributed by atoms with Gasteiger partial charge in [-0.25, -0.2) is 19.6 Å². The Morgan fingerprint density at radius 3 is 2.05 bits per heavy atom. The van der Waals surface area contributed by atoms with Crippen LogP contribution in [0, 0.1) is 11.8 Å². The molecule has 0 radical (unpaired) electrons. The number of methoxy groups -OCH3 is 2. The van der Waals surface area contributed by atoms with Crippen molar-refractivity contribution in [3.63, 3.8) is 0 Å². The first-order chi connectivity index (χ1) is 29.0. The Morgan fingerprint density at radius 1 is 0.767 bits per heavy atom. The van der Waals surface area contributed by atoms with E-state index in [0.29, 0.717) is 37.4 Å². The van der Waals surface area contributed by atoms with E-state index in [1.165, 1.54) is 14.2 Å². The molecule has 0 spiro atoms. The maximum absolute atomic E-state index is 14.1. The molecular formula is C45H54N8O6Si. The third-order valence-electron chi connectivity index (χ3n) is 12.9. The quantitative estimate of drug-likeness (QED) is 0.0930. The lowest BCUT2D eigenvalue weighted by molar-refractivity contribution is -0.135. The van der Waals surface area contributed by atoms with Crippen molar-refractivity contribution in [1.29, 1.82) is 0 Å². The van der Waals surface area contributed by atoms with E-state index in [-0.39, 0.29) is 23.9 Å². The number of hydrogen-bond acceptors (Lipinski definition) is 8. The minimum Gasteiger partial charge on any atom is -0.453 e. The molecule has 4 N–H and O–H groups in total. The number of rotatable bonds is 12. The SMILES string of the molecule is COC(=O)N[C@@H](CC1CC1)C(=O)N1C[Si](C)(C)C[C@H]1c1nc2c(ccc3cc(-c4ccc(-c5cnc([C@H]6CCCN6C(=O)[C@@H](CC6CC6)NC(=O)OC)[nH]5)cc4)ccc32)[nH]1. The smallest absolute Gasteiger partial charge is 0.407 e. The summed E-state index contributed by atoms with van der Waals surface area (Å²) in [6.07, 6.45) is 8.63. The highest BCUT2D eigenvalue weighted by Gasteiger charge is 2.46. The number of alkyl carbamates (subject to hydrolysis) is 2. The monoisotopic (exact) mass is 830 g/mol. The Balaban J connectivity index is 0.912. The van der Waals surface area contributed by atoms with Crippen LogP contribution in [0.15, 0.2) is 60.8 Å². The van der Waals surface area contributed by atoms with Gasteiger partial charge in [0, 0.05) is 18.1 Å². The summed E-state index contributed by atoms with van der Waals surface area (Å²) >= 11 is 0. The summed E-state index contributed by atoms with van der Waals surface area (Å²) in [4.78, 5) is 72.9. The molecule has 5 aromatic rings. The molecule has 4 atom stereocenters. The molecule has 4 heterocycles. The molecule has 2 saturated heterocycles. The van der Waals surface area contributed by atoms with E-state index >= 15 is 0 Å². The van der Waals surface area contributed by atoms with Gasteiger partial charge in [0.1, 0.15) is 23.7 Å². The predicted octanol–water partition coefficient (Wildman–Crippen LogP) is 7.62. The Bertz CT molecular complexity index is 2440. The van der Waals surface area contributed by atoms with Crippen LogP contribution in [0.25, 0.3) is 44.2 Å². The van der Waals surface area contributed by atoms with Crippen molar-refractivity contribution in [3.05, 3.63) is 72.4 Å². The Hall–Kier alpha value is -5.70. The maximum atomic E-state index is 14.1. The van der Waals surface area contributed by atoms with E-state index in [9.17, 15) is 19.2 Å². The van der Waals surface area contributed by atoms with Crippen LogP contribution in [0.3, 0.4) is 0 Å². The van der Waals surface area contributed by atoms with Crippen LogP contribution in [-0.4, -0.2) is 101 Å². The standard InChI is InChI=1S/C45H54N8O6Si/c1-58-44(56)49-34(20-26-7-8-26)42(54)52-19-5-6-37(52)40-46-23-36(48-40)29-13-11-28(12-14-29)30-15-17-32-31(22-30)16-18-33-39(32)51-41(47-33)38-24-60(3,4)25-53(38)43(55)35(21-27-9-10-27)50-45(57)59-2/h11-18,22-23,26-27,34-35,37-38H,5-10,19-21,24-25H2,1-4H3,(H,46,48)(H,47,51)(H,49,56)(H,50,57)/t34-,35+,37-,38+/m1/s1. The number of nitrogens with one attached hydrogen (secondary N) is 4. The van der Waals surface area contributed by atoms with E-state index in [1.54, 1.807) is 0 Å². The molecular weight excluding hydrogens is 777 g/mol. The highest BCUT2D eigenvalue weighted by atomic mass is 28.3. The van der Waals surface area contributed by atoms with Gasteiger partial charge in [0.15, 0.2) is 0 Å². The van der Waals surface area contributed by atoms with E-state index in [0.717, 1.165) is 100 Å². The normalized spacial score (nSPS) is 20.9. The summed E-state index contributed by atoms with van der Waals surface area (Å²) in [5, 5.41) is 7.71. The van der Waals surface area contributed by atoms with E-state index in [4.69, 9.17) is 19.4 Å². The molecule has 314 valence electrons. The zero-order chi connectivity index (χ0) is 41.7. The molecule has 14 nitrogen and oxygen atoms in total. The van der Waals surface area contributed by atoms with E-state index in [2.05, 4.69) is 88.3 Å². The molecule has 15 heteroatoms. The second-order valence-corrected chi connectivity index (χ2v) is 23.1. The number of nitrogens with zero attached hydrogens (tertiary/aromatic N) is 4. The average Bonchev–Trinajstić information content (AvgIpc) is 4.00. The number of ether oxygens (including phenoxy) is 2. The van der Waals surface area contributed by atoms with Gasteiger partial charge < -0.3 is 39.9 Å². The van der Waals surface area contributed by atoms with Crippen LogP contribution in [0.2, 0.25) is 19.1 Å². The number of amides is 4. The third-order valence-corrected chi connectivity index (χ3v) is 15.6. The molecule has 3 aromatic carbocycles. The molecule has 4 fully saturated rings. The fourth-order valence-electron chi connectivity index (χ4n) is 9.33. The van der Waals surface area contributed by atoms with Gasteiger partial charge in [-0.2, -0.15) is 0 Å². The molecule has 0 unspecified atom stereocenters. The summed E-state index contributed by atoms with van der Waals surface area (Å²) in [5.74, 6) is 2.31. The van der Waals surface area contributed by atoms with Gasteiger partial charge >= 0.3 is 12.2 Å². The lowest BCUT2D eigenvalue weighted by Crippen LogP contribution is -2.49. The first kappa shape index (κ1) is 39.7. The first-order valence-electron chi connectivity index (χ1n) is 21.3. The summed E-state index contributed by atoms with van der Waals surface area (Å²) < 4.78 is 9.71. The second kappa shape index (κ2) is 16.1. The lowest BCUT2D eigenvalue weighted by atomic mass is 9.99. The number of carbonyl (C=O) groups is 4. The number of aromatic amines is 2. The fraction of sp³-hybridized carbons (Fsp3) is 0.467. The Labute approximate surface area is 350 Å². The number of H-pyrrole nitrogens is 2. The van der Waals surface area contributed by atoms with Crippen molar-refractivity contribution in [2.24, 2.45) is 11.8 Å². The van der Waals surface area contributed by atoms with Crippen molar-refractivity contribution >= 4 is 53.9 Å². The van der Waals surface area contributed by atoms with Gasteiger partial charge in [0.2, 0.25) is 11.8 Å². The third kappa shape index (κ3) is 8.23. The van der Waals surface area contributed by atoms with Crippen molar-refractivity contribution in [3.8, 4) is 22.4 Å². The first-order valence-corrected chi connectivity index (χ1v) is 24.8. The minimum absolute atomic E-state index is 0.0554. The van der Waals surface area contributed by atoms with Crippen LogP contribution in [-0.2, 0) is 19.1 Å². The molecule has 2 aliphatic carbocycles. The van der Waals surface area contributed by atoms with E-state index < -0.39 is 32.3 Å². The number of likely N-dealkylation sites (tertiary alicyclic amines) is 1. The van der Waals surface area contributed by atoms with Crippen LogP contribution < -0.4 is 10.6 Å². The van der Waals surface area contributed by atoms with Crippen molar-refractivity contribution in [2.45, 2.75) is 94.7 Å². The fourth-order valence-corrected chi connectivity index (χ4v) is 12.2. The summed E-state index contributed by atoms with van der Waals surface area (Å²) in [6, 6.07) is 18.3. The zero-order valence-corrected chi connectivity index (χ0v) is 35.8. The van der Waals surface area contributed by atoms with Gasteiger partial charge in [-0.3, -0.25) is 9.59 Å². The zero-order valence-electron chi connectivity index (χ0n) is 34.8. The van der Waals surface area contributed by atoms with Gasteiger partial charge in [-0.1, -0.05) is 81.2 Å². The predicted molar refractivity (Wildman–Crippen MR) is 230 cm³/mol. The molecule has 4 aliphatic rings. The van der Waals surface area contributed by atoms with Crippen LogP contribution in [0.4, 0.5) is 9.59 Å². The molecule has 60 heavy (non-hydrogen) atoms. The number of hydrogen-bond donors (Lipinski definition) is 4. The summed E-state index contributed by atoms with van der Waals surface area (Å²) in [5.41, 5.74) is 5.82. The van der Waals surface area contributed by atoms with Crippen molar-refractivity contribution < 1.29 is 28.7 Å². The topological polar surface area (TPSA) is 175 Å². The van der Waals surface area contributed by atoms with Gasteiger partial charge in [0.25, 0.3) is 0 Å². The Kier molecular flexibility index (Phi) is 10.6. The average molecular weight is 831 g/mol. The number of aromatic nitrogens is 4. The largest absolute Gasteiger partial charge is 0.453 e. The van der Waals surface area contributed by atoms with Crippen LogP contribution in [0.1, 0.15) is 75.1 Å². The second-order valence-electron chi connectivity index (χ2n) is 18.1. The van der Waals surface area contributed by atoms with Gasteiger partial charge in [-0.15, -0.1) is 0 Å². The van der Waals surface area contributed by atoms with Crippen molar-refractivity contribution in [1.82, 2.24) is 40.4 Å². The number of imidazole rings is 2. The molecule has 4 amide bonds. The molecule has 2 aromatic heterocycles. The molecule has 2 aliphatic heterocycles. The molecule has 2 saturated carbocycles. The summed E-state index contributed by atoms with van der Waals surface area (Å²) in [6.45, 7) is 5.24. The van der Waals surface area contributed by atoms with Crippen LogP contribution in [0.5, 0.6) is 0 Å². The molecule has 0 bridgehead atoms. The summed E-state index contributed by atoms with van der Waals surface area (Å²) in [7, 11) is 0.885. The number of fused-ring (bicyclic) bond motifs is 3. The highest BCUT2D eigenvalue weighted by Crippen LogP contribution is 2.41. The van der Waals surface area contributed by atoms with Crippen LogP contribution >= 0.6 is 0 Å². The van der Waals surface area contributed by atoms with E-state index in [1.807, 2.05) is 16.0 Å². The molecule has 9 rings (SSSR count).